The third-order valence-electron chi connectivity index (χ3n) is 8.68. The molecule has 3 aliphatic rings. The van der Waals surface area contributed by atoms with Gasteiger partial charge in [-0.3, -0.25) is 0 Å². The highest BCUT2D eigenvalue weighted by Crippen LogP contribution is 2.52. The zero-order chi connectivity index (χ0) is 16.0. The molecule has 0 N–H and O–H groups in total. The van der Waals surface area contributed by atoms with Gasteiger partial charge in [0.05, 0.1) is 0 Å². The largest absolute Gasteiger partial charge is 0.0622 e. The molecule has 0 spiro atoms. The highest BCUT2D eigenvalue weighted by atomic mass is 14.5. The third kappa shape index (κ3) is 3.01. The zero-order valence-corrected chi connectivity index (χ0v) is 16.0. The standard InChI is InChI=1S/C22H40/c1-13-11-21(18(13)6)17(5)12-22-16(4)10-19(22)7-8-20-14(2)9-15(20)3/h13-22H,7-12H2,1-6H3. The first-order valence-electron chi connectivity index (χ1n) is 10.4. The number of hydrogen-bond acceptors (Lipinski definition) is 0. The van der Waals surface area contributed by atoms with Gasteiger partial charge in [0.25, 0.3) is 0 Å². The lowest BCUT2D eigenvalue weighted by atomic mass is 9.55. The van der Waals surface area contributed by atoms with Crippen molar-refractivity contribution in [3.05, 3.63) is 0 Å². The van der Waals surface area contributed by atoms with Gasteiger partial charge < -0.3 is 0 Å². The van der Waals surface area contributed by atoms with Gasteiger partial charge in [-0.05, 0) is 97.7 Å². The maximum absolute atomic E-state index is 2.56. The topological polar surface area (TPSA) is 0 Å². The normalized spacial score (nSPS) is 52.4. The SMILES string of the molecule is CC1CC(C(C)CC2C(C)CC2CCC2C(C)CC2C)C1C. The fourth-order valence-corrected chi connectivity index (χ4v) is 6.57. The Labute approximate surface area is 139 Å². The molecule has 0 aliphatic heterocycles. The summed E-state index contributed by atoms with van der Waals surface area (Å²) in [4.78, 5) is 0. The first-order chi connectivity index (χ1) is 10.4. The molecule has 0 saturated heterocycles. The number of hydrogen-bond donors (Lipinski definition) is 0. The fraction of sp³-hybridized carbons (Fsp3) is 1.00. The first kappa shape index (κ1) is 16.8. The minimum absolute atomic E-state index is 0.975. The first-order valence-corrected chi connectivity index (χ1v) is 10.4. The monoisotopic (exact) mass is 304 g/mol. The van der Waals surface area contributed by atoms with E-state index < -0.39 is 0 Å². The molecule has 22 heavy (non-hydrogen) atoms. The van der Waals surface area contributed by atoms with Crippen LogP contribution in [0.2, 0.25) is 0 Å². The molecule has 3 aliphatic carbocycles. The van der Waals surface area contributed by atoms with Crippen LogP contribution >= 0.6 is 0 Å². The van der Waals surface area contributed by atoms with E-state index in [4.69, 9.17) is 0 Å². The van der Waals surface area contributed by atoms with Crippen LogP contribution in [0.3, 0.4) is 0 Å². The number of rotatable bonds is 6. The van der Waals surface area contributed by atoms with Gasteiger partial charge in [0.1, 0.15) is 0 Å². The van der Waals surface area contributed by atoms with Crippen molar-refractivity contribution >= 4 is 0 Å². The highest BCUT2D eigenvalue weighted by Gasteiger charge is 2.44. The summed E-state index contributed by atoms with van der Waals surface area (Å²) in [7, 11) is 0. The second-order valence-corrected chi connectivity index (χ2v) is 10.0. The molecular weight excluding hydrogens is 264 g/mol. The summed E-state index contributed by atoms with van der Waals surface area (Å²) in [6, 6.07) is 0. The summed E-state index contributed by atoms with van der Waals surface area (Å²) in [6.07, 6.45) is 9.13. The molecule has 3 fully saturated rings. The molecule has 0 nitrogen and oxygen atoms in total. The van der Waals surface area contributed by atoms with Gasteiger partial charge in [-0.1, -0.05) is 41.5 Å². The Morgan fingerprint density at radius 1 is 0.727 bits per heavy atom. The van der Waals surface area contributed by atoms with E-state index in [1.807, 2.05) is 0 Å². The van der Waals surface area contributed by atoms with Gasteiger partial charge in [-0.25, -0.2) is 0 Å². The van der Waals surface area contributed by atoms with Gasteiger partial charge in [-0.2, -0.15) is 0 Å². The van der Waals surface area contributed by atoms with Crippen LogP contribution in [-0.4, -0.2) is 0 Å². The van der Waals surface area contributed by atoms with Crippen LogP contribution in [0.25, 0.3) is 0 Å². The highest BCUT2D eigenvalue weighted by molar-refractivity contribution is 4.93. The summed E-state index contributed by atoms with van der Waals surface area (Å²) in [6.45, 7) is 15.0. The van der Waals surface area contributed by atoms with Crippen molar-refractivity contribution in [1.29, 1.82) is 0 Å². The third-order valence-corrected chi connectivity index (χ3v) is 8.68. The van der Waals surface area contributed by atoms with Crippen molar-refractivity contribution in [3.8, 4) is 0 Å². The predicted octanol–water partition coefficient (Wildman–Crippen LogP) is 6.65. The Kier molecular flexibility index (Phi) is 4.96. The van der Waals surface area contributed by atoms with Gasteiger partial charge in [0.15, 0.2) is 0 Å². The molecule has 0 aromatic rings. The molecule has 0 radical (unpaired) electrons. The van der Waals surface area contributed by atoms with E-state index in [9.17, 15) is 0 Å². The summed E-state index contributed by atoms with van der Waals surface area (Å²) in [5.41, 5.74) is 0. The molecule has 0 aromatic heterocycles. The van der Waals surface area contributed by atoms with Crippen LogP contribution in [0.4, 0.5) is 0 Å². The smallest absolute Gasteiger partial charge is 0.0357 e. The average Bonchev–Trinajstić information content (AvgIpc) is 2.48. The van der Waals surface area contributed by atoms with E-state index in [1.54, 1.807) is 0 Å². The van der Waals surface area contributed by atoms with Crippen molar-refractivity contribution in [1.82, 2.24) is 0 Å². The van der Waals surface area contributed by atoms with Gasteiger partial charge in [0, 0.05) is 0 Å². The van der Waals surface area contributed by atoms with Crippen molar-refractivity contribution in [2.45, 2.75) is 80.1 Å². The van der Waals surface area contributed by atoms with Crippen LogP contribution in [0, 0.1) is 59.2 Å². The van der Waals surface area contributed by atoms with Gasteiger partial charge in [-0.15, -0.1) is 0 Å². The second-order valence-electron chi connectivity index (χ2n) is 10.0. The maximum atomic E-state index is 2.56. The van der Waals surface area contributed by atoms with Gasteiger partial charge in [0.2, 0.25) is 0 Å². The average molecular weight is 305 g/mol. The summed E-state index contributed by atoms with van der Waals surface area (Å²) < 4.78 is 0. The molecule has 0 amide bonds. The van der Waals surface area contributed by atoms with Crippen LogP contribution in [-0.2, 0) is 0 Å². The lowest BCUT2D eigenvalue weighted by molar-refractivity contribution is -0.00742. The Bertz CT molecular complexity index is 364. The van der Waals surface area contributed by atoms with E-state index in [0.717, 1.165) is 59.2 Å². The second kappa shape index (κ2) is 6.48. The minimum atomic E-state index is 0.975. The molecule has 0 bridgehead atoms. The van der Waals surface area contributed by atoms with Crippen LogP contribution < -0.4 is 0 Å². The quantitative estimate of drug-likeness (QED) is 0.515. The van der Waals surface area contributed by atoms with E-state index >= 15 is 0 Å². The summed E-state index contributed by atoms with van der Waals surface area (Å²) in [5.74, 6) is 10.2. The van der Waals surface area contributed by atoms with Crippen molar-refractivity contribution in [2.75, 3.05) is 0 Å². The predicted molar refractivity (Wildman–Crippen MR) is 96.6 cm³/mol. The van der Waals surface area contributed by atoms with Crippen LogP contribution in [0.15, 0.2) is 0 Å². The fourth-order valence-electron chi connectivity index (χ4n) is 6.57. The molecule has 3 saturated carbocycles. The molecule has 3 rings (SSSR count). The molecule has 0 heterocycles. The summed E-state index contributed by atoms with van der Waals surface area (Å²) in [5, 5.41) is 0. The van der Waals surface area contributed by atoms with E-state index in [2.05, 4.69) is 41.5 Å². The maximum Gasteiger partial charge on any atom is -0.0357 e. The Balaban J connectivity index is 1.44. The molecule has 128 valence electrons. The Hall–Kier alpha value is 0. The molecule has 9 unspecified atom stereocenters. The van der Waals surface area contributed by atoms with Gasteiger partial charge >= 0.3 is 0 Å². The van der Waals surface area contributed by atoms with Crippen molar-refractivity contribution in [2.24, 2.45) is 59.2 Å². The molecule has 0 aromatic carbocycles. The van der Waals surface area contributed by atoms with Crippen LogP contribution in [0.5, 0.6) is 0 Å². The lowest BCUT2D eigenvalue weighted by Gasteiger charge is -2.50. The summed E-state index contributed by atoms with van der Waals surface area (Å²) >= 11 is 0. The van der Waals surface area contributed by atoms with E-state index in [-0.39, 0.29) is 0 Å². The van der Waals surface area contributed by atoms with Crippen LogP contribution in [0.1, 0.15) is 80.1 Å². The zero-order valence-electron chi connectivity index (χ0n) is 16.0. The Morgan fingerprint density at radius 2 is 1.36 bits per heavy atom. The van der Waals surface area contributed by atoms with Crippen molar-refractivity contribution in [3.63, 3.8) is 0 Å². The lowest BCUT2D eigenvalue weighted by Crippen LogP contribution is -2.42. The minimum Gasteiger partial charge on any atom is -0.0622 e. The molecule has 0 heteroatoms. The Morgan fingerprint density at radius 3 is 1.86 bits per heavy atom. The van der Waals surface area contributed by atoms with Crippen molar-refractivity contribution < 1.29 is 0 Å². The van der Waals surface area contributed by atoms with E-state index in [0.29, 0.717) is 0 Å². The molecule has 9 atom stereocenters. The molecular formula is C22H40. The van der Waals surface area contributed by atoms with E-state index in [1.165, 1.54) is 38.5 Å².